The van der Waals surface area contributed by atoms with Gasteiger partial charge in [-0.15, -0.1) is 0 Å². The van der Waals surface area contributed by atoms with Gasteiger partial charge >= 0.3 is 11.1 Å². The smallest absolute Gasteiger partial charge is 0.320 e. The summed E-state index contributed by atoms with van der Waals surface area (Å²) in [6, 6.07) is 9.08. The van der Waals surface area contributed by atoms with Gasteiger partial charge in [0.05, 0.1) is 26.5 Å². The number of hydrogen-bond donors (Lipinski definition) is 0. The fourth-order valence-electron chi connectivity index (χ4n) is 2.66. The topological polar surface area (TPSA) is 62.5 Å². The number of rotatable bonds is 5. The van der Waals surface area contributed by atoms with Crippen LogP contribution in [0.5, 0.6) is 11.5 Å². The number of methoxy groups -OCH3 is 2. The molecule has 0 saturated carbocycles. The Morgan fingerprint density at radius 2 is 1.74 bits per heavy atom. The van der Waals surface area contributed by atoms with Gasteiger partial charge in [0.2, 0.25) is 0 Å². The first kappa shape index (κ1) is 18.7. The molecule has 0 aliphatic rings. The molecular weight excluding hydrogens is 375 g/mol. The number of benzene rings is 2. The van der Waals surface area contributed by atoms with Crippen LogP contribution >= 0.6 is 11.6 Å². The van der Waals surface area contributed by atoms with Crippen molar-refractivity contribution in [2.45, 2.75) is 6.54 Å². The Morgan fingerprint density at radius 3 is 2.41 bits per heavy atom. The Balaban J connectivity index is 2.04. The summed E-state index contributed by atoms with van der Waals surface area (Å²) < 4.78 is 26.6. The summed E-state index contributed by atoms with van der Waals surface area (Å²) in [5.41, 5.74) is -1.00. The van der Waals surface area contributed by atoms with Gasteiger partial charge in [-0.25, -0.2) is 4.39 Å². The van der Waals surface area contributed by atoms with E-state index in [4.69, 9.17) is 21.1 Å². The fraction of sp³-hybridized carbons (Fsp3) is 0.158. The average molecular weight is 391 g/mol. The van der Waals surface area contributed by atoms with Crippen molar-refractivity contribution in [2.75, 3.05) is 14.2 Å². The van der Waals surface area contributed by atoms with E-state index in [1.165, 1.54) is 49.4 Å². The molecule has 140 valence electrons. The van der Waals surface area contributed by atoms with Crippen LogP contribution in [0.2, 0.25) is 5.02 Å². The van der Waals surface area contributed by atoms with Gasteiger partial charge in [0.15, 0.2) is 11.5 Å². The number of halogens is 2. The van der Waals surface area contributed by atoms with Crippen LogP contribution in [0, 0.1) is 5.82 Å². The standard InChI is InChI=1S/C19H16ClFN2O4/c1-26-16-7-6-12(10-17(16)27-2)23-9-8-22(18(24)19(23)25)11-13-14(20)4-3-5-15(13)21/h3-10H,11H2,1-2H3. The molecular formula is C19H16ClFN2O4. The van der Waals surface area contributed by atoms with E-state index in [0.717, 1.165) is 4.57 Å². The summed E-state index contributed by atoms with van der Waals surface area (Å²) in [6.45, 7) is -0.146. The minimum absolute atomic E-state index is 0.143. The zero-order valence-corrected chi connectivity index (χ0v) is 15.4. The summed E-state index contributed by atoms with van der Waals surface area (Å²) in [6.07, 6.45) is 2.84. The number of aromatic nitrogens is 2. The second-order valence-electron chi connectivity index (χ2n) is 5.65. The first-order valence-corrected chi connectivity index (χ1v) is 8.31. The van der Waals surface area contributed by atoms with Crippen molar-refractivity contribution in [3.8, 4) is 17.2 Å². The molecule has 0 radical (unpaired) electrons. The largest absolute Gasteiger partial charge is 0.493 e. The second-order valence-corrected chi connectivity index (χ2v) is 6.05. The molecule has 0 bridgehead atoms. The van der Waals surface area contributed by atoms with Crippen LogP contribution in [0.3, 0.4) is 0 Å². The number of ether oxygens (including phenoxy) is 2. The quantitative estimate of drug-likeness (QED) is 0.628. The SMILES string of the molecule is COc1ccc(-n2ccn(Cc3c(F)cccc3Cl)c(=O)c2=O)cc1OC. The van der Waals surface area contributed by atoms with Crippen LogP contribution in [-0.4, -0.2) is 23.4 Å². The summed E-state index contributed by atoms with van der Waals surface area (Å²) in [4.78, 5) is 25.0. The highest BCUT2D eigenvalue weighted by Crippen LogP contribution is 2.28. The van der Waals surface area contributed by atoms with Crippen molar-refractivity contribution >= 4 is 11.6 Å². The summed E-state index contributed by atoms with van der Waals surface area (Å²) in [5, 5.41) is 0.186. The zero-order valence-electron chi connectivity index (χ0n) is 14.6. The Hall–Kier alpha value is -3.06. The highest BCUT2D eigenvalue weighted by molar-refractivity contribution is 6.31. The molecule has 0 N–H and O–H groups in total. The van der Waals surface area contributed by atoms with Crippen molar-refractivity contribution in [3.63, 3.8) is 0 Å². The molecule has 0 aliphatic carbocycles. The molecule has 6 nitrogen and oxygen atoms in total. The van der Waals surface area contributed by atoms with E-state index in [2.05, 4.69) is 0 Å². The van der Waals surface area contributed by atoms with E-state index in [1.54, 1.807) is 18.2 Å². The maximum Gasteiger partial charge on any atom is 0.320 e. The third kappa shape index (κ3) is 3.59. The number of nitrogens with zero attached hydrogens (tertiary/aromatic N) is 2. The van der Waals surface area contributed by atoms with Gasteiger partial charge in [0, 0.05) is 29.0 Å². The lowest BCUT2D eigenvalue weighted by Crippen LogP contribution is -2.40. The van der Waals surface area contributed by atoms with Gasteiger partial charge in [-0.05, 0) is 24.3 Å². The molecule has 1 aromatic heterocycles. The third-order valence-electron chi connectivity index (χ3n) is 4.09. The average Bonchev–Trinajstić information content (AvgIpc) is 2.67. The van der Waals surface area contributed by atoms with Crippen LogP contribution < -0.4 is 20.6 Å². The van der Waals surface area contributed by atoms with E-state index in [0.29, 0.717) is 17.2 Å². The van der Waals surface area contributed by atoms with Gasteiger partial charge < -0.3 is 14.0 Å². The first-order chi connectivity index (χ1) is 13.0. The fourth-order valence-corrected chi connectivity index (χ4v) is 2.89. The molecule has 8 heteroatoms. The van der Waals surface area contributed by atoms with E-state index >= 15 is 0 Å². The Bertz CT molecular complexity index is 1090. The maximum absolute atomic E-state index is 14.0. The first-order valence-electron chi connectivity index (χ1n) is 7.93. The maximum atomic E-state index is 14.0. The lowest BCUT2D eigenvalue weighted by atomic mass is 10.2. The second kappa shape index (κ2) is 7.67. The highest BCUT2D eigenvalue weighted by atomic mass is 35.5. The predicted molar refractivity (Wildman–Crippen MR) is 99.9 cm³/mol. The van der Waals surface area contributed by atoms with Crippen LogP contribution in [0.1, 0.15) is 5.56 Å². The van der Waals surface area contributed by atoms with Crippen LogP contribution in [0.4, 0.5) is 4.39 Å². The van der Waals surface area contributed by atoms with Gasteiger partial charge in [-0.2, -0.15) is 0 Å². The summed E-state index contributed by atoms with van der Waals surface area (Å²) in [5.74, 6) is 0.375. The van der Waals surface area contributed by atoms with Gasteiger partial charge in [0.1, 0.15) is 5.82 Å². The van der Waals surface area contributed by atoms with Gasteiger partial charge in [-0.3, -0.25) is 14.2 Å². The normalized spacial score (nSPS) is 10.7. The van der Waals surface area contributed by atoms with Crippen molar-refractivity contribution in [1.82, 2.24) is 9.13 Å². The monoisotopic (exact) mass is 390 g/mol. The Morgan fingerprint density at radius 1 is 1.00 bits per heavy atom. The zero-order chi connectivity index (χ0) is 19.6. The van der Waals surface area contributed by atoms with E-state index in [1.807, 2.05) is 0 Å². The molecule has 0 saturated heterocycles. The predicted octanol–water partition coefficient (Wildman–Crippen LogP) is 2.86. The molecule has 0 aliphatic heterocycles. The van der Waals surface area contributed by atoms with Crippen LogP contribution in [0.15, 0.2) is 58.4 Å². The molecule has 0 atom stereocenters. The molecule has 0 fully saturated rings. The lowest BCUT2D eigenvalue weighted by molar-refractivity contribution is 0.355. The Labute approximate surface area is 159 Å². The van der Waals surface area contributed by atoms with E-state index < -0.39 is 16.9 Å². The van der Waals surface area contributed by atoms with E-state index in [9.17, 15) is 14.0 Å². The van der Waals surface area contributed by atoms with Gasteiger partial charge in [0.25, 0.3) is 0 Å². The Kier molecular flexibility index (Phi) is 5.32. The van der Waals surface area contributed by atoms with Crippen molar-refractivity contribution in [2.24, 2.45) is 0 Å². The molecule has 0 spiro atoms. The molecule has 2 aromatic carbocycles. The van der Waals surface area contributed by atoms with Gasteiger partial charge in [-0.1, -0.05) is 17.7 Å². The van der Waals surface area contributed by atoms with Crippen LogP contribution in [-0.2, 0) is 6.54 Å². The summed E-state index contributed by atoms with van der Waals surface area (Å²) >= 11 is 6.00. The van der Waals surface area contributed by atoms with Crippen LogP contribution in [0.25, 0.3) is 5.69 Å². The summed E-state index contributed by atoms with van der Waals surface area (Å²) in [7, 11) is 2.97. The molecule has 3 aromatic rings. The highest BCUT2D eigenvalue weighted by Gasteiger charge is 2.13. The van der Waals surface area contributed by atoms with Crippen molar-refractivity contribution in [1.29, 1.82) is 0 Å². The third-order valence-corrected chi connectivity index (χ3v) is 4.45. The lowest BCUT2D eigenvalue weighted by Gasteiger charge is -2.13. The molecule has 0 amide bonds. The minimum atomic E-state index is -0.799. The molecule has 1 heterocycles. The molecule has 27 heavy (non-hydrogen) atoms. The molecule has 3 rings (SSSR count). The number of hydrogen-bond acceptors (Lipinski definition) is 4. The van der Waals surface area contributed by atoms with Crippen molar-refractivity contribution < 1.29 is 13.9 Å². The van der Waals surface area contributed by atoms with Crippen molar-refractivity contribution in [3.05, 3.63) is 85.9 Å². The van der Waals surface area contributed by atoms with E-state index in [-0.39, 0.29) is 17.1 Å². The minimum Gasteiger partial charge on any atom is -0.493 e. The molecule has 0 unspecified atom stereocenters.